The van der Waals surface area contributed by atoms with Crippen molar-refractivity contribution in [3.8, 4) is 11.5 Å². The molecule has 2 heterocycles. The molecule has 1 aliphatic rings. The average Bonchev–Trinajstić information content (AvgIpc) is 3.02. The minimum Gasteiger partial charge on any atom is -0.452 e. The molecule has 0 amide bonds. The molecular formula is C13H13ClN2OS. The minimum atomic E-state index is 0.399. The number of rotatable bonds is 3. The van der Waals surface area contributed by atoms with E-state index < -0.39 is 0 Å². The van der Waals surface area contributed by atoms with Gasteiger partial charge < -0.3 is 4.74 Å². The van der Waals surface area contributed by atoms with Crippen molar-refractivity contribution in [2.45, 2.75) is 12.5 Å². The van der Waals surface area contributed by atoms with Crippen molar-refractivity contribution in [1.82, 2.24) is 9.78 Å². The topological polar surface area (TPSA) is 27.1 Å². The van der Waals surface area contributed by atoms with Crippen molar-refractivity contribution in [2.75, 3.05) is 11.5 Å². The summed E-state index contributed by atoms with van der Waals surface area (Å²) < 4.78 is 7.60. The summed E-state index contributed by atoms with van der Waals surface area (Å²) in [4.78, 5) is 0. The molecule has 1 fully saturated rings. The van der Waals surface area contributed by atoms with Crippen molar-refractivity contribution < 1.29 is 4.74 Å². The molecule has 1 saturated heterocycles. The van der Waals surface area contributed by atoms with Crippen molar-refractivity contribution in [2.24, 2.45) is 0 Å². The molecule has 0 N–H and O–H groups in total. The largest absolute Gasteiger partial charge is 0.452 e. The third-order valence-corrected chi connectivity index (χ3v) is 4.43. The van der Waals surface area contributed by atoms with Gasteiger partial charge in [0.1, 0.15) is 5.75 Å². The van der Waals surface area contributed by atoms with Gasteiger partial charge in [-0.05, 0) is 24.3 Å². The maximum Gasteiger partial charge on any atom is 0.184 e. The van der Waals surface area contributed by atoms with Crippen LogP contribution >= 0.6 is 23.4 Å². The number of benzene rings is 1. The van der Waals surface area contributed by atoms with Gasteiger partial charge in [-0.1, -0.05) is 29.8 Å². The van der Waals surface area contributed by atoms with Crippen LogP contribution in [-0.2, 0) is 0 Å². The van der Waals surface area contributed by atoms with Crippen LogP contribution in [0.25, 0.3) is 0 Å². The number of ether oxygens (including phenoxy) is 1. The van der Waals surface area contributed by atoms with Gasteiger partial charge >= 0.3 is 0 Å². The van der Waals surface area contributed by atoms with Crippen LogP contribution in [0, 0.1) is 0 Å². The molecule has 1 aliphatic heterocycles. The van der Waals surface area contributed by atoms with E-state index in [1.165, 1.54) is 5.75 Å². The van der Waals surface area contributed by atoms with E-state index in [0.29, 0.717) is 16.9 Å². The molecule has 2 aromatic rings. The predicted octanol–water partition coefficient (Wildman–Crippen LogP) is 4.01. The van der Waals surface area contributed by atoms with Crippen molar-refractivity contribution >= 4 is 23.4 Å². The van der Waals surface area contributed by atoms with Crippen LogP contribution in [0.3, 0.4) is 0 Å². The summed E-state index contributed by atoms with van der Waals surface area (Å²) in [5.74, 6) is 3.65. The average molecular weight is 281 g/mol. The van der Waals surface area contributed by atoms with Gasteiger partial charge in [-0.3, -0.25) is 0 Å². The highest BCUT2D eigenvalue weighted by Crippen LogP contribution is 2.35. The number of hydrogen-bond donors (Lipinski definition) is 0. The van der Waals surface area contributed by atoms with E-state index in [0.717, 1.165) is 17.9 Å². The zero-order valence-corrected chi connectivity index (χ0v) is 11.3. The quantitative estimate of drug-likeness (QED) is 0.850. The van der Waals surface area contributed by atoms with Gasteiger partial charge in [0, 0.05) is 5.75 Å². The lowest BCUT2D eigenvalue weighted by Crippen LogP contribution is -2.09. The molecule has 1 atom stereocenters. The molecule has 0 bridgehead atoms. The number of aromatic nitrogens is 2. The second kappa shape index (κ2) is 5.24. The van der Waals surface area contributed by atoms with Crippen molar-refractivity contribution in [3.63, 3.8) is 0 Å². The Hall–Kier alpha value is -1.13. The summed E-state index contributed by atoms with van der Waals surface area (Å²) in [6.45, 7) is 0. The maximum absolute atomic E-state index is 6.32. The second-order valence-electron chi connectivity index (χ2n) is 4.18. The zero-order valence-electron chi connectivity index (χ0n) is 9.75. The van der Waals surface area contributed by atoms with E-state index in [1.54, 1.807) is 6.20 Å². The lowest BCUT2D eigenvalue weighted by Gasteiger charge is -2.10. The third-order valence-electron chi connectivity index (χ3n) is 2.93. The molecule has 0 radical (unpaired) electrons. The standard InChI is InChI=1S/C13H13ClN2OS/c14-13-12(17-11-4-2-1-3-5-11)8-15-16(13)10-6-7-18-9-10/h1-5,8,10H,6-7,9H2. The summed E-state index contributed by atoms with van der Waals surface area (Å²) >= 11 is 8.26. The summed E-state index contributed by atoms with van der Waals surface area (Å²) in [5, 5.41) is 4.93. The first-order chi connectivity index (χ1) is 8.84. The maximum atomic E-state index is 6.32. The Balaban J connectivity index is 1.81. The molecule has 1 unspecified atom stereocenters. The molecule has 5 heteroatoms. The molecular weight excluding hydrogens is 268 g/mol. The highest BCUT2D eigenvalue weighted by atomic mass is 35.5. The number of halogens is 1. The Morgan fingerprint density at radius 3 is 2.89 bits per heavy atom. The zero-order chi connectivity index (χ0) is 12.4. The molecule has 18 heavy (non-hydrogen) atoms. The molecule has 1 aromatic carbocycles. The fraction of sp³-hybridized carbons (Fsp3) is 0.308. The number of hydrogen-bond acceptors (Lipinski definition) is 3. The highest BCUT2D eigenvalue weighted by Gasteiger charge is 2.22. The van der Waals surface area contributed by atoms with Crippen molar-refractivity contribution in [1.29, 1.82) is 0 Å². The number of thioether (sulfide) groups is 1. The van der Waals surface area contributed by atoms with Crippen LogP contribution in [0.2, 0.25) is 5.15 Å². The Morgan fingerprint density at radius 1 is 1.33 bits per heavy atom. The first kappa shape index (κ1) is 11.9. The lowest BCUT2D eigenvalue weighted by atomic mass is 10.3. The lowest BCUT2D eigenvalue weighted by molar-refractivity contribution is 0.473. The monoisotopic (exact) mass is 280 g/mol. The SMILES string of the molecule is Clc1c(Oc2ccccc2)cnn1C1CCSC1. The Morgan fingerprint density at radius 2 is 2.17 bits per heavy atom. The smallest absolute Gasteiger partial charge is 0.184 e. The second-order valence-corrected chi connectivity index (χ2v) is 5.68. The Labute approximate surface area is 115 Å². The summed E-state index contributed by atoms with van der Waals surface area (Å²) in [6.07, 6.45) is 2.81. The third kappa shape index (κ3) is 2.35. The van der Waals surface area contributed by atoms with E-state index in [9.17, 15) is 0 Å². The number of para-hydroxylation sites is 1. The van der Waals surface area contributed by atoms with Gasteiger partial charge in [0.2, 0.25) is 0 Å². The molecule has 1 aromatic heterocycles. The van der Waals surface area contributed by atoms with Crippen molar-refractivity contribution in [3.05, 3.63) is 41.7 Å². The normalized spacial score (nSPS) is 19.1. The van der Waals surface area contributed by atoms with Crippen LogP contribution < -0.4 is 4.74 Å². The number of nitrogens with zero attached hydrogens (tertiary/aromatic N) is 2. The van der Waals surface area contributed by atoms with Gasteiger partial charge in [0.15, 0.2) is 10.9 Å². The molecule has 0 spiro atoms. The highest BCUT2D eigenvalue weighted by molar-refractivity contribution is 7.99. The van der Waals surface area contributed by atoms with E-state index in [4.69, 9.17) is 16.3 Å². The fourth-order valence-corrected chi connectivity index (χ4v) is 3.44. The van der Waals surface area contributed by atoms with E-state index in [1.807, 2.05) is 46.8 Å². The summed E-state index contributed by atoms with van der Waals surface area (Å²) in [5.41, 5.74) is 0. The molecule has 0 aliphatic carbocycles. The van der Waals surface area contributed by atoms with Gasteiger partial charge in [-0.25, -0.2) is 4.68 Å². The van der Waals surface area contributed by atoms with Crippen LogP contribution in [0.4, 0.5) is 0 Å². The molecule has 3 rings (SSSR count). The fourth-order valence-electron chi connectivity index (χ4n) is 1.98. The Kier molecular flexibility index (Phi) is 3.48. The molecule has 0 saturated carbocycles. The summed E-state index contributed by atoms with van der Waals surface area (Å²) in [6, 6.07) is 10.0. The van der Waals surface area contributed by atoms with Gasteiger partial charge in [0.25, 0.3) is 0 Å². The minimum absolute atomic E-state index is 0.399. The molecule has 94 valence electrons. The van der Waals surface area contributed by atoms with E-state index in [-0.39, 0.29) is 0 Å². The van der Waals surface area contributed by atoms with Gasteiger partial charge in [0.05, 0.1) is 12.2 Å². The van der Waals surface area contributed by atoms with Crippen LogP contribution in [0.5, 0.6) is 11.5 Å². The van der Waals surface area contributed by atoms with Crippen LogP contribution in [0.1, 0.15) is 12.5 Å². The Bertz CT molecular complexity index is 523. The predicted molar refractivity (Wildman–Crippen MR) is 74.7 cm³/mol. The first-order valence-electron chi connectivity index (χ1n) is 5.88. The molecule has 3 nitrogen and oxygen atoms in total. The van der Waals surface area contributed by atoms with Crippen LogP contribution in [0.15, 0.2) is 36.5 Å². The summed E-state index contributed by atoms with van der Waals surface area (Å²) in [7, 11) is 0. The van der Waals surface area contributed by atoms with E-state index >= 15 is 0 Å². The van der Waals surface area contributed by atoms with Gasteiger partial charge in [-0.15, -0.1) is 0 Å². The van der Waals surface area contributed by atoms with Gasteiger partial charge in [-0.2, -0.15) is 16.9 Å². The first-order valence-corrected chi connectivity index (χ1v) is 7.41. The van der Waals surface area contributed by atoms with E-state index in [2.05, 4.69) is 5.10 Å². The van der Waals surface area contributed by atoms with Crippen LogP contribution in [-0.4, -0.2) is 21.3 Å².